The van der Waals surface area contributed by atoms with Crippen LogP contribution < -0.4 is 10.1 Å². The number of nitrogens with zero attached hydrogens (tertiary/aromatic N) is 3. The largest absolute Gasteiger partial charge is 0.496 e. The van der Waals surface area contributed by atoms with E-state index in [9.17, 15) is 9.59 Å². The number of pyridine rings is 2. The predicted molar refractivity (Wildman–Crippen MR) is 99.9 cm³/mol. The fraction of sp³-hybridized carbons (Fsp3) is 0.400. The van der Waals surface area contributed by atoms with Crippen LogP contribution in [0.3, 0.4) is 0 Å². The van der Waals surface area contributed by atoms with Crippen LogP contribution in [0.4, 0.5) is 0 Å². The van der Waals surface area contributed by atoms with E-state index in [2.05, 4.69) is 15.3 Å². The molecule has 2 amide bonds. The quantitative estimate of drug-likeness (QED) is 0.840. The Balaban J connectivity index is 1.58. The van der Waals surface area contributed by atoms with Crippen LogP contribution in [0.5, 0.6) is 5.75 Å². The van der Waals surface area contributed by atoms with Crippen molar-refractivity contribution in [3.05, 3.63) is 53.1 Å². The zero-order valence-electron chi connectivity index (χ0n) is 15.9. The van der Waals surface area contributed by atoms with Gasteiger partial charge in [0.1, 0.15) is 5.75 Å². The number of aryl methyl sites for hydroxylation is 1. The number of ether oxygens (including phenoxy) is 1. The molecule has 2 aromatic heterocycles. The monoisotopic (exact) mass is 368 g/mol. The van der Waals surface area contributed by atoms with E-state index in [1.54, 1.807) is 30.6 Å². The lowest BCUT2D eigenvalue weighted by Crippen LogP contribution is -2.33. The number of amides is 2. The van der Waals surface area contributed by atoms with E-state index in [0.717, 1.165) is 28.1 Å². The Morgan fingerprint density at radius 3 is 2.89 bits per heavy atom. The minimum atomic E-state index is -0.346. The maximum absolute atomic E-state index is 12.5. The smallest absolute Gasteiger partial charge is 0.225 e. The summed E-state index contributed by atoms with van der Waals surface area (Å²) in [6, 6.07) is 3.76. The maximum atomic E-state index is 12.5. The first-order valence-corrected chi connectivity index (χ1v) is 8.93. The normalized spacial score (nSPS) is 16.5. The summed E-state index contributed by atoms with van der Waals surface area (Å²) < 4.78 is 5.40. The minimum Gasteiger partial charge on any atom is -0.496 e. The summed E-state index contributed by atoms with van der Waals surface area (Å²) in [5.74, 6) is 0.304. The van der Waals surface area contributed by atoms with Crippen molar-refractivity contribution < 1.29 is 14.3 Å². The van der Waals surface area contributed by atoms with Gasteiger partial charge in [0.25, 0.3) is 0 Å². The number of carbonyl (C=O) groups excluding carboxylic acids is 2. The molecule has 1 aliphatic heterocycles. The van der Waals surface area contributed by atoms with Gasteiger partial charge in [0, 0.05) is 49.2 Å². The van der Waals surface area contributed by atoms with Gasteiger partial charge in [-0.25, -0.2) is 0 Å². The van der Waals surface area contributed by atoms with Crippen molar-refractivity contribution in [3.8, 4) is 5.75 Å². The molecule has 0 bridgehead atoms. The third-order valence-corrected chi connectivity index (χ3v) is 4.86. The van der Waals surface area contributed by atoms with Crippen molar-refractivity contribution in [1.82, 2.24) is 20.2 Å². The molecule has 0 saturated carbocycles. The fourth-order valence-electron chi connectivity index (χ4n) is 3.38. The van der Waals surface area contributed by atoms with Gasteiger partial charge in [0.2, 0.25) is 11.8 Å². The van der Waals surface area contributed by atoms with Crippen LogP contribution in [0.25, 0.3) is 0 Å². The first-order valence-electron chi connectivity index (χ1n) is 8.93. The molecular formula is C20H24N4O3. The van der Waals surface area contributed by atoms with Crippen LogP contribution >= 0.6 is 0 Å². The van der Waals surface area contributed by atoms with Crippen molar-refractivity contribution in [2.24, 2.45) is 5.92 Å². The minimum absolute atomic E-state index is 0.00897. The molecule has 1 unspecified atom stereocenters. The molecule has 1 N–H and O–H groups in total. The molecule has 142 valence electrons. The van der Waals surface area contributed by atoms with Gasteiger partial charge >= 0.3 is 0 Å². The van der Waals surface area contributed by atoms with Gasteiger partial charge in [-0.3, -0.25) is 19.6 Å². The molecule has 3 heterocycles. The average Bonchev–Trinajstić information content (AvgIpc) is 3.03. The molecule has 1 saturated heterocycles. The molecule has 1 aliphatic rings. The number of methoxy groups -OCH3 is 1. The summed E-state index contributed by atoms with van der Waals surface area (Å²) in [6.07, 6.45) is 5.40. The number of aromatic nitrogens is 2. The number of carbonyl (C=O) groups is 2. The number of likely N-dealkylation sites (tertiary alicyclic amines) is 1. The topological polar surface area (TPSA) is 84.4 Å². The highest BCUT2D eigenvalue weighted by Crippen LogP contribution is 2.24. The highest BCUT2D eigenvalue weighted by atomic mass is 16.5. The Kier molecular flexibility index (Phi) is 5.69. The van der Waals surface area contributed by atoms with E-state index in [1.165, 1.54) is 0 Å². The lowest BCUT2D eigenvalue weighted by molar-refractivity contribution is -0.129. The van der Waals surface area contributed by atoms with Gasteiger partial charge in [-0.2, -0.15) is 0 Å². The highest BCUT2D eigenvalue weighted by Gasteiger charge is 2.34. The van der Waals surface area contributed by atoms with Crippen LogP contribution in [0, 0.1) is 19.8 Å². The van der Waals surface area contributed by atoms with Crippen molar-refractivity contribution in [2.45, 2.75) is 33.4 Å². The van der Waals surface area contributed by atoms with E-state index in [4.69, 9.17) is 4.74 Å². The average molecular weight is 368 g/mol. The first-order chi connectivity index (χ1) is 13.0. The van der Waals surface area contributed by atoms with Gasteiger partial charge in [-0.15, -0.1) is 0 Å². The standard InChI is InChI=1S/C20H24N4O3/c1-13-8-22-17(14(2)19(13)27-3)10-23-20(26)16-7-18(25)24(12-16)11-15-5-4-6-21-9-15/h4-6,8-9,16H,7,10-12H2,1-3H3,(H,23,26). The van der Waals surface area contributed by atoms with Crippen LogP contribution in [-0.4, -0.2) is 40.3 Å². The molecule has 0 aliphatic carbocycles. The van der Waals surface area contributed by atoms with E-state index < -0.39 is 0 Å². The Morgan fingerprint density at radius 2 is 2.19 bits per heavy atom. The molecule has 7 nitrogen and oxygen atoms in total. The SMILES string of the molecule is COc1c(C)cnc(CNC(=O)C2CC(=O)N(Cc3cccnc3)C2)c1C. The van der Waals surface area contributed by atoms with Gasteiger partial charge in [0.05, 0.1) is 25.3 Å². The summed E-state index contributed by atoms with van der Waals surface area (Å²) in [5, 5.41) is 2.91. The first kappa shape index (κ1) is 18.8. The summed E-state index contributed by atoms with van der Waals surface area (Å²) >= 11 is 0. The van der Waals surface area contributed by atoms with E-state index in [-0.39, 0.29) is 24.2 Å². The molecule has 0 aromatic carbocycles. The van der Waals surface area contributed by atoms with E-state index in [1.807, 2.05) is 26.0 Å². The van der Waals surface area contributed by atoms with Crippen LogP contribution in [0.2, 0.25) is 0 Å². The lowest BCUT2D eigenvalue weighted by atomic mass is 10.1. The summed E-state index contributed by atoms with van der Waals surface area (Å²) in [5.41, 5.74) is 3.59. The molecule has 1 atom stereocenters. The second-order valence-electron chi connectivity index (χ2n) is 6.80. The van der Waals surface area contributed by atoms with Gasteiger partial charge in [-0.05, 0) is 25.5 Å². The Labute approximate surface area is 158 Å². The lowest BCUT2D eigenvalue weighted by Gasteiger charge is -2.17. The second-order valence-corrected chi connectivity index (χ2v) is 6.80. The summed E-state index contributed by atoms with van der Waals surface area (Å²) in [6.45, 7) is 5.07. The summed E-state index contributed by atoms with van der Waals surface area (Å²) in [4.78, 5) is 34.9. The third-order valence-electron chi connectivity index (χ3n) is 4.86. The highest BCUT2D eigenvalue weighted by molar-refractivity contribution is 5.89. The zero-order valence-corrected chi connectivity index (χ0v) is 15.9. The van der Waals surface area contributed by atoms with Gasteiger partial charge in [0.15, 0.2) is 0 Å². The van der Waals surface area contributed by atoms with E-state index >= 15 is 0 Å². The van der Waals surface area contributed by atoms with Crippen molar-refractivity contribution in [3.63, 3.8) is 0 Å². The van der Waals surface area contributed by atoms with Crippen molar-refractivity contribution in [1.29, 1.82) is 0 Å². The summed E-state index contributed by atoms with van der Waals surface area (Å²) in [7, 11) is 1.62. The Bertz CT molecular complexity index is 839. The molecule has 0 spiro atoms. The molecule has 0 radical (unpaired) electrons. The number of hydrogen-bond donors (Lipinski definition) is 1. The Hall–Kier alpha value is -2.96. The van der Waals surface area contributed by atoms with E-state index in [0.29, 0.717) is 19.6 Å². The molecule has 1 fully saturated rings. The predicted octanol–water partition coefficient (Wildman–Crippen LogP) is 1.77. The number of hydrogen-bond acceptors (Lipinski definition) is 5. The second kappa shape index (κ2) is 8.16. The maximum Gasteiger partial charge on any atom is 0.225 e. The van der Waals surface area contributed by atoms with Gasteiger partial charge < -0.3 is 15.0 Å². The van der Waals surface area contributed by atoms with Crippen LogP contribution in [-0.2, 0) is 22.7 Å². The molecule has 7 heteroatoms. The van der Waals surface area contributed by atoms with Gasteiger partial charge in [-0.1, -0.05) is 6.07 Å². The van der Waals surface area contributed by atoms with Crippen LogP contribution in [0.15, 0.2) is 30.7 Å². The fourth-order valence-corrected chi connectivity index (χ4v) is 3.38. The Morgan fingerprint density at radius 1 is 1.37 bits per heavy atom. The van der Waals surface area contributed by atoms with Crippen LogP contribution in [0.1, 0.15) is 28.8 Å². The third kappa shape index (κ3) is 4.24. The molecule has 27 heavy (non-hydrogen) atoms. The molecule has 2 aromatic rings. The molecular weight excluding hydrogens is 344 g/mol. The molecule has 3 rings (SSSR count). The van der Waals surface area contributed by atoms with Crippen molar-refractivity contribution >= 4 is 11.8 Å². The van der Waals surface area contributed by atoms with Crippen molar-refractivity contribution in [2.75, 3.05) is 13.7 Å². The number of nitrogens with one attached hydrogen (secondary N) is 1. The zero-order chi connectivity index (χ0) is 19.4. The number of rotatable bonds is 6.